The first-order valence-corrected chi connectivity index (χ1v) is 8.85. The largest absolute Gasteiger partial charge is 0.497 e. The molecule has 2 aromatic carbocycles. The van der Waals surface area contributed by atoms with Crippen molar-refractivity contribution in [3.8, 4) is 11.5 Å². The summed E-state index contributed by atoms with van der Waals surface area (Å²) in [7, 11) is 3.12. The number of ether oxygens (including phenoxy) is 2. The lowest BCUT2D eigenvalue weighted by molar-refractivity contribution is -0.131. The van der Waals surface area contributed by atoms with Crippen molar-refractivity contribution in [1.29, 1.82) is 0 Å². The molecular weight excluding hydrogens is 358 g/mol. The molecule has 0 saturated heterocycles. The molecule has 0 aliphatic carbocycles. The van der Waals surface area contributed by atoms with Crippen LogP contribution in [0, 0.1) is 0 Å². The number of carbonyl (C=O) groups excluding carboxylic acids is 2. The van der Waals surface area contributed by atoms with Crippen LogP contribution >= 0.6 is 0 Å². The van der Waals surface area contributed by atoms with Crippen LogP contribution in [0.15, 0.2) is 53.5 Å². The number of amides is 2. The van der Waals surface area contributed by atoms with Gasteiger partial charge in [0.15, 0.2) is 0 Å². The highest BCUT2D eigenvalue weighted by atomic mass is 16.5. The number of hydrogen-bond acceptors (Lipinski definition) is 5. The molecule has 2 aromatic rings. The van der Waals surface area contributed by atoms with Gasteiger partial charge in [-0.2, -0.15) is 0 Å². The van der Waals surface area contributed by atoms with Gasteiger partial charge in [-0.1, -0.05) is 12.1 Å². The summed E-state index contributed by atoms with van der Waals surface area (Å²) >= 11 is 0. The second kappa shape index (κ2) is 7.72. The van der Waals surface area contributed by atoms with Gasteiger partial charge in [0.1, 0.15) is 29.4 Å². The molecule has 1 N–H and O–H groups in total. The van der Waals surface area contributed by atoms with Crippen molar-refractivity contribution in [2.24, 2.45) is 4.99 Å². The van der Waals surface area contributed by atoms with Crippen molar-refractivity contribution in [2.75, 3.05) is 26.1 Å². The van der Waals surface area contributed by atoms with Crippen molar-refractivity contribution in [1.82, 2.24) is 4.90 Å². The molecular formula is C21H23N3O4. The molecule has 1 heterocycles. The summed E-state index contributed by atoms with van der Waals surface area (Å²) in [6.45, 7) is 3.49. The summed E-state index contributed by atoms with van der Waals surface area (Å²) in [4.78, 5) is 31.5. The first kappa shape index (κ1) is 19.4. The zero-order chi connectivity index (χ0) is 20.3. The van der Waals surface area contributed by atoms with Crippen LogP contribution in [0.2, 0.25) is 0 Å². The molecule has 0 spiro atoms. The van der Waals surface area contributed by atoms with Crippen molar-refractivity contribution < 1.29 is 19.1 Å². The van der Waals surface area contributed by atoms with Gasteiger partial charge in [-0.25, -0.2) is 0 Å². The highest BCUT2D eigenvalue weighted by Gasteiger charge is 2.41. The van der Waals surface area contributed by atoms with Crippen LogP contribution in [-0.2, 0) is 9.59 Å². The summed E-state index contributed by atoms with van der Waals surface area (Å²) in [5.41, 5.74) is 0.741. The van der Waals surface area contributed by atoms with E-state index in [0.717, 1.165) is 0 Å². The lowest BCUT2D eigenvalue weighted by Gasteiger charge is -2.28. The van der Waals surface area contributed by atoms with E-state index in [-0.39, 0.29) is 18.4 Å². The number of nitrogens with one attached hydrogen (secondary N) is 1. The molecule has 1 aliphatic heterocycles. The minimum absolute atomic E-state index is 0.118. The Bertz CT molecular complexity index is 920. The Hall–Kier alpha value is -3.35. The minimum atomic E-state index is -0.829. The Labute approximate surface area is 164 Å². The second-order valence-electron chi connectivity index (χ2n) is 6.82. The molecule has 7 heteroatoms. The number of hydrogen-bond donors (Lipinski definition) is 1. The summed E-state index contributed by atoms with van der Waals surface area (Å²) in [6.07, 6.45) is 0. The first-order chi connectivity index (χ1) is 13.4. The highest BCUT2D eigenvalue weighted by Crippen LogP contribution is 2.28. The van der Waals surface area contributed by atoms with E-state index in [1.807, 2.05) is 6.07 Å². The van der Waals surface area contributed by atoms with Gasteiger partial charge in [0, 0.05) is 5.56 Å². The molecule has 146 valence electrons. The minimum Gasteiger partial charge on any atom is -0.497 e. The van der Waals surface area contributed by atoms with Gasteiger partial charge in [0.25, 0.3) is 5.91 Å². The van der Waals surface area contributed by atoms with Gasteiger partial charge < -0.3 is 19.7 Å². The van der Waals surface area contributed by atoms with Crippen molar-refractivity contribution in [3.63, 3.8) is 0 Å². The number of methoxy groups -OCH3 is 2. The predicted octanol–water partition coefficient (Wildman–Crippen LogP) is 2.71. The van der Waals surface area contributed by atoms with Gasteiger partial charge in [-0.05, 0) is 50.2 Å². The first-order valence-electron chi connectivity index (χ1n) is 8.85. The quantitative estimate of drug-likeness (QED) is 0.834. The Morgan fingerprint density at radius 1 is 1.07 bits per heavy atom. The zero-order valence-electron chi connectivity index (χ0n) is 16.4. The molecule has 0 radical (unpaired) electrons. The highest BCUT2D eigenvalue weighted by molar-refractivity contribution is 6.47. The van der Waals surface area contributed by atoms with Gasteiger partial charge >= 0.3 is 0 Å². The predicted molar refractivity (Wildman–Crippen MR) is 107 cm³/mol. The molecule has 0 atom stereocenters. The summed E-state index contributed by atoms with van der Waals surface area (Å²) < 4.78 is 10.4. The average Bonchev–Trinajstić information content (AvgIpc) is 2.92. The van der Waals surface area contributed by atoms with E-state index < -0.39 is 5.66 Å². The second-order valence-corrected chi connectivity index (χ2v) is 6.82. The number of carbonyl (C=O) groups is 2. The smallest absolute Gasteiger partial charge is 0.275 e. The van der Waals surface area contributed by atoms with Crippen LogP contribution < -0.4 is 14.8 Å². The van der Waals surface area contributed by atoms with Gasteiger partial charge in [-0.15, -0.1) is 0 Å². The zero-order valence-corrected chi connectivity index (χ0v) is 16.4. The Morgan fingerprint density at radius 3 is 2.39 bits per heavy atom. The van der Waals surface area contributed by atoms with E-state index in [4.69, 9.17) is 9.47 Å². The molecule has 0 bridgehead atoms. The van der Waals surface area contributed by atoms with Crippen LogP contribution in [0.5, 0.6) is 11.5 Å². The maximum absolute atomic E-state index is 12.9. The summed E-state index contributed by atoms with van der Waals surface area (Å²) in [6, 6.07) is 14.2. The Balaban J connectivity index is 1.75. The van der Waals surface area contributed by atoms with Crippen LogP contribution in [-0.4, -0.2) is 48.9 Å². The van der Waals surface area contributed by atoms with Crippen molar-refractivity contribution in [2.45, 2.75) is 19.5 Å². The lowest BCUT2D eigenvalue weighted by Crippen LogP contribution is -2.46. The number of aliphatic imine (C=N–C) groups is 1. The lowest BCUT2D eigenvalue weighted by atomic mass is 10.1. The fourth-order valence-electron chi connectivity index (χ4n) is 3.04. The van der Waals surface area contributed by atoms with E-state index in [2.05, 4.69) is 10.3 Å². The Morgan fingerprint density at radius 2 is 1.75 bits per heavy atom. The third kappa shape index (κ3) is 3.83. The summed E-state index contributed by atoms with van der Waals surface area (Å²) in [5, 5.41) is 2.79. The maximum atomic E-state index is 12.9. The van der Waals surface area contributed by atoms with Gasteiger partial charge in [-0.3, -0.25) is 14.6 Å². The van der Waals surface area contributed by atoms with E-state index in [9.17, 15) is 9.59 Å². The maximum Gasteiger partial charge on any atom is 0.275 e. The van der Waals surface area contributed by atoms with E-state index in [0.29, 0.717) is 28.5 Å². The average molecular weight is 381 g/mol. The van der Waals surface area contributed by atoms with E-state index >= 15 is 0 Å². The monoisotopic (exact) mass is 381 g/mol. The summed E-state index contributed by atoms with van der Waals surface area (Å²) in [5.74, 6) is 0.641. The number of para-hydroxylation sites is 2. The van der Waals surface area contributed by atoms with Crippen LogP contribution in [0.4, 0.5) is 5.69 Å². The third-order valence-corrected chi connectivity index (χ3v) is 4.54. The molecule has 0 fully saturated rings. The number of nitrogens with zero attached hydrogens (tertiary/aromatic N) is 2. The van der Waals surface area contributed by atoms with Gasteiger partial charge in [0.2, 0.25) is 5.91 Å². The van der Waals surface area contributed by atoms with Gasteiger partial charge in [0.05, 0.1) is 19.9 Å². The van der Waals surface area contributed by atoms with E-state index in [1.54, 1.807) is 63.4 Å². The topological polar surface area (TPSA) is 80.2 Å². The third-order valence-electron chi connectivity index (χ3n) is 4.54. The molecule has 0 unspecified atom stereocenters. The molecule has 7 nitrogen and oxygen atoms in total. The molecule has 28 heavy (non-hydrogen) atoms. The Kier molecular flexibility index (Phi) is 5.35. The fraction of sp³-hybridized carbons (Fsp3) is 0.286. The number of benzene rings is 2. The molecule has 3 rings (SSSR count). The molecule has 1 aliphatic rings. The van der Waals surface area contributed by atoms with Crippen molar-refractivity contribution in [3.05, 3.63) is 54.1 Å². The number of rotatable bonds is 6. The van der Waals surface area contributed by atoms with Crippen LogP contribution in [0.25, 0.3) is 0 Å². The standard InChI is InChI=1S/C21H23N3O4/c1-21(2)23-19(14-9-11-15(27-3)12-10-14)20(26)24(21)13-18(25)22-16-7-5-6-8-17(16)28-4/h5-12H,13H2,1-4H3,(H,22,25). The number of anilines is 1. The van der Waals surface area contributed by atoms with Crippen molar-refractivity contribution >= 4 is 23.2 Å². The van der Waals surface area contributed by atoms with Crippen LogP contribution in [0.1, 0.15) is 19.4 Å². The van der Waals surface area contributed by atoms with E-state index in [1.165, 1.54) is 12.0 Å². The molecule has 0 aromatic heterocycles. The normalized spacial score (nSPS) is 15.2. The van der Waals surface area contributed by atoms with Crippen LogP contribution in [0.3, 0.4) is 0 Å². The molecule has 0 saturated carbocycles. The SMILES string of the molecule is COc1ccc(C2=NC(C)(C)N(CC(=O)Nc3ccccc3OC)C2=O)cc1. The molecule has 2 amide bonds. The fourth-order valence-corrected chi connectivity index (χ4v) is 3.04.